The molecule has 1 atom stereocenters. The third kappa shape index (κ3) is 2.93. The van der Waals surface area contributed by atoms with Crippen LogP contribution in [0.2, 0.25) is 0 Å². The Balaban J connectivity index is 3.39. The van der Waals surface area contributed by atoms with Crippen molar-refractivity contribution in [2.24, 2.45) is 0 Å². The molecule has 0 aliphatic carbocycles. The smallest absolute Gasteiger partial charge is 0.188 e. The van der Waals surface area contributed by atoms with E-state index < -0.39 is 28.5 Å². The molecule has 5 heteroatoms. The summed E-state index contributed by atoms with van der Waals surface area (Å²) in [5, 5.41) is 0. The van der Waals surface area contributed by atoms with Crippen LogP contribution in [0.5, 0.6) is 0 Å². The first-order valence-corrected chi connectivity index (χ1v) is 7.56. The van der Waals surface area contributed by atoms with E-state index in [1.165, 1.54) is 6.07 Å². The minimum Gasteiger partial charge on any atom is -0.292 e. The zero-order valence-electron chi connectivity index (χ0n) is 12.3. The van der Waals surface area contributed by atoms with Crippen LogP contribution in [0.1, 0.15) is 44.5 Å². The molecule has 1 aromatic carbocycles. The number of carbonyl (C=O) groups excluding carboxylic acids is 1. The lowest BCUT2D eigenvalue weighted by Crippen LogP contribution is -2.52. The van der Waals surface area contributed by atoms with Gasteiger partial charge in [0, 0.05) is 0 Å². The number of rotatable bonds is 6. The average molecular weight is 348 g/mol. The molecule has 1 unspecified atom stereocenters. The normalized spacial score (nSPS) is 14.4. The van der Waals surface area contributed by atoms with Crippen molar-refractivity contribution >= 4 is 21.7 Å². The van der Waals surface area contributed by atoms with Gasteiger partial charge in [0.1, 0.15) is 5.82 Å². The first-order chi connectivity index (χ1) is 9.33. The van der Waals surface area contributed by atoms with Crippen LogP contribution in [0, 0.1) is 11.6 Å². The predicted octanol–water partition coefficient (Wildman–Crippen LogP) is 4.42. The van der Waals surface area contributed by atoms with E-state index >= 15 is 0 Å². The standard InChI is InChI=1S/C15H20BrF2NO/c1-5-15(4,19(6-2)7-3)14(20)12-11(17)9-8-10(16)13(12)18/h8-9H,5-7H2,1-4H3. The van der Waals surface area contributed by atoms with Crippen LogP contribution in [0.3, 0.4) is 0 Å². The Morgan fingerprint density at radius 1 is 1.25 bits per heavy atom. The van der Waals surface area contributed by atoms with Gasteiger partial charge in [-0.1, -0.05) is 20.8 Å². The lowest BCUT2D eigenvalue weighted by atomic mass is 9.86. The fourth-order valence-corrected chi connectivity index (χ4v) is 2.78. The van der Waals surface area contributed by atoms with E-state index in [1.54, 1.807) is 6.92 Å². The molecule has 0 saturated heterocycles. The molecule has 0 bridgehead atoms. The molecule has 0 aromatic heterocycles. The number of Topliss-reactive ketones (excluding diaryl/α,β-unsaturated/α-hetero) is 1. The Hall–Kier alpha value is -0.810. The summed E-state index contributed by atoms with van der Waals surface area (Å²) < 4.78 is 28.1. The Labute approximate surface area is 127 Å². The molecular formula is C15H20BrF2NO. The second kappa shape index (κ2) is 6.76. The minimum absolute atomic E-state index is 0.0975. The van der Waals surface area contributed by atoms with Crippen molar-refractivity contribution in [3.8, 4) is 0 Å². The maximum Gasteiger partial charge on any atom is 0.188 e. The molecule has 0 saturated carbocycles. The molecule has 0 radical (unpaired) electrons. The topological polar surface area (TPSA) is 20.3 Å². The van der Waals surface area contributed by atoms with Crippen molar-refractivity contribution in [1.82, 2.24) is 4.90 Å². The summed E-state index contributed by atoms with van der Waals surface area (Å²) in [5.41, 5.74) is -1.37. The van der Waals surface area contributed by atoms with Crippen molar-refractivity contribution in [2.45, 2.75) is 39.7 Å². The number of hydrogen-bond acceptors (Lipinski definition) is 2. The number of ketones is 1. The van der Waals surface area contributed by atoms with Crippen molar-refractivity contribution in [1.29, 1.82) is 0 Å². The summed E-state index contributed by atoms with van der Waals surface area (Å²) in [6.07, 6.45) is 0.485. The quantitative estimate of drug-likeness (QED) is 0.560. The molecule has 0 N–H and O–H groups in total. The van der Waals surface area contributed by atoms with Crippen LogP contribution in [-0.4, -0.2) is 29.3 Å². The van der Waals surface area contributed by atoms with Gasteiger partial charge < -0.3 is 0 Å². The second-order valence-electron chi connectivity index (χ2n) is 4.85. The summed E-state index contributed by atoms with van der Waals surface area (Å²) >= 11 is 3.00. The van der Waals surface area contributed by atoms with Gasteiger partial charge in [-0.3, -0.25) is 9.69 Å². The maximum atomic E-state index is 14.1. The molecule has 0 spiro atoms. The van der Waals surface area contributed by atoms with Gasteiger partial charge in [-0.2, -0.15) is 0 Å². The van der Waals surface area contributed by atoms with Crippen LogP contribution in [0.15, 0.2) is 16.6 Å². The van der Waals surface area contributed by atoms with Crippen molar-refractivity contribution in [3.05, 3.63) is 33.8 Å². The van der Waals surface area contributed by atoms with E-state index in [-0.39, 0.29) is 4.47 Å². The Kier molecular flexibility index (Phi) is 5.83. The van der Waals surface area contributed by atoms with Gasteiger partial charge in [-0.05, 0) is 54.5 Å². The Morgan fingerprint density at radius 2 is 1.80 bits per heavy atom. The number of hydrogen-bond donors (Lipinski definition) is 0. The molecule has 0 aliphatic heterocycles. The first kappa shape index (κ1) is 17.2. The van der Waals surface area contributed by atoms with Gasteiger partial charge in [-0.25, -0.2) is 8.78 Å². The molecule has 0 heterocycles. The van der Waals surface area contributed by atoms with Crippen molar-refractivity contribution < 1.29 is 13.6 Å². The molecule has 20 heavy (non-hydrogen) atoms. The lowest BCUT2D eigenvalue weighted by Gasteiger charge is -2.38. The Morgan fingerprint density at radius 3 is 2.25 bits per heavy atom. The lowest BCUT2D eigenvalue weighted by molar-refractivity contribution is 0.0598. The molecule has 2 nitrogen and oxygen atoms in total. The minimum atomic E-state index is -0.911. The van der Waals surface area contributed by atoms with E-state index in [0.29, 0.717) is 19.5 Å². The molecule has 0 aliphatic rings. The van der Waals surface area contributed by atoms with Crippen molar-refractivity contribution in [2.75, 3.05) is 13.1 Å². The largest absolute Gasteiger partial charge is 0.292 e. The van der Waals surface area contributed by atoms with Crippen LogP contribution in [-0.2, 0) is 0 Å². The molecule has 1 aromatic rings. The van der Waals surface area contributed by atoms with Crippen LogP contribution < -0.4 is 0 Å². The number of carbonyl (C=O) groups is 1. The fraction of sp³-hybridized carbons (Fsp3) is 0.533. The highest BCUT2D eigenvalue weighted by Crippen LogP contribution is 2.29. The van der Waals surface area contributed by atoms with E-state index in [1.807, 2.05) is 25.7 Å². The zero-order chi connectivity index (χ0) is 15.5. The summed E-state index contributed by atoms with van der Waals surface area (Å²) in [6.45, 7) is 8.73. The molecule has 0 amide bonds. The van der Waals surface area contributed by atoms with Crippen molar-refractivity contribution in [3.63, 3.8) is 0 Å². The Bertz CT molecular complexity index is 503. The molecule has 0 fully saturated rings. The van der Waals surface area contributed by atoms with Gasteiger partial charge in [-0.15, -0.1) is 0 Å². The second-order valence-corrected chi connectivity index (χ2v) is 5.70. The summed E-state index contributed by atoms with van der Waals surface area (Å²) in [6, 6.07) is 2.38. The van der Waals surface area contributed by atoms with E-state index in [4.69, 9.17) is 0 Å². The van der Waals surface area contributed by atoms with E-state index in [9.17, 15) is 13.6 Å². The number of likely N-dealkylation sites (N-methyl/N-ethyl adjacent to an activating group) is 1. The molecule has 1 rings (SSSR count). The summed E-state index contributed by atoms with van der Waals surface area (Å²) in [5.74, 6) is -2.16. The average Bonchev–Trinajstić information content (AvgIpc) is 2.44. The maximum absolute atomic E-state index is 14.1. The zero-order valence-corrected chi connectivity index (χ0v) is 13.9. The fourth-order valence-electron chi connectivity index (χ4n) is 2.45. The van der Waals surface area contributed by atoms with E-state index in [0.717, 1.165) is 6.07 Å². The third-order valence-electron chi connectivity index (χ3n) is 3.91. The highest BCUT2D eigenvalue weighted by Gasteiger charge is 2.39. The van der Waals surface area contributed by atoms with Gasteiger partial charge in [0.15, 0.2) is 11.6 Å². The van der Waals surface area contributed by atoms with Crippen LogP contribution >= 0.6 is 15.9 Å². The van der Waals surface area contributed by atoms with E-state index in [2.05, 4.69) is 15.9 Å². The van der Waals surface area contributed by atoms with Gasteiger partial charge in [0.2, 0.25) is 0 Å². The monoisotopic (exact) mass is 347 g/mol. The van der Waals surface area contributed by atoms with Crippen LogP contribution in [0.25, 0.3) is 0 Å². The molecule has 112 valence electrons. The molecular weight excluding hydrogens is 328 g/mol. The number of benzene rings is 1. The van der Waals surface area contributed by atoms with Gasteiger partial charge in [0.05, 0.1) is 15.6 Å². The number of halogens is 3. The summed E-state index contributed by atoms with van der Waals surface area (Å²) in [7, 11) is 0. The van der Waals surface area contributed by atoms with Crippen LogP contribution in [0.4, 0.5) is 8.78 Å². The van der Waals surface area contributed by atoms with Gasteiger partial charge >= 0.3 is 0 Å². The SMILES string of the molecule is CCN(CC)C(C)(CC)C(=O)c1c(F)ccc(Br)c1F. The highest BCUT2D eigenvalue weighted by atomic mass is 79.9. The highest BCUT2D eigenvalue weighted by molar-refractivity contribution is 9.10. The number of nitrogens with zero attached hydrogens (tertiary/aromatic N) is 1. The first-order valence-electron chi connectivity index (χ1n) is 6.76. The van der Waals surface area contributed by atoms with Gasteiger partial charge in [0.25, 0.3) is 0 Å². The summed E-state index contributed by atoms with van der Waals surface area (Å²) in [4.78, 5) is 14.6. The third-order valence-corrected chi connectivity index (χ3v) is 4.52. The predicted molar refractivity (Wildman–Crippen MR) is 80.0 cm³/mol.